The summed E-state index contributed by atoms with van der Waals surface area (Å²) in [4.78, 5) is 33.8. The van der Waals surface area contributed by atoms with Crippen LogP contribution in [-0.4, -0.2) is 56.7 Å². The van der Waals surface area contributed by atoms with Crippen LogP contribution in [0.3, 0.4) is 0 Å². The SMILES string of the molecule is C.Cc1cc(-c2nc3cc(CN[C@@H](CC(C)C)C(=O)O)ccc3n2CC2CCN(C)CC2)c[nH]c1=O. The zero-order valence-electron chi connectivity index (χ0n) is 21.2. The standard InChI is InChI=1S/C27H37N5O3.CH4/c1-17(2)11-23(27(34)35)28-14-20-5-6-24-22(13-20)30-25(21-12-18(3)26(33)29-15-21)32(24)16-19-7-9-31(4)10-8-19;/h5-6,12-13,15,17,19,23,28H,7-11,14,16H2,1-4H3,(H,29,33)(H,34,35);1H4/t23-;/m0./s1. The number of rotatable bonds is 9. The van der Waals surface area contributed by atoms with E-state index in [-0.39, 0.29) is 13.0 Å². The number of carbonyl (C=O) groups is 1. The summed E-state index contributed by atoms with van der Waals surface area (Å²) < 4.78 is 2.29. The highest BCUT2D eigenvalue weighted by Gasteiger charge is 2.22. The second-order valence-corrected chi connectivity index (χ2v) is 10.4. The number of nitrogens with one attached hydrogen (secondary N) is 2. The molecule has 1 aromatic carbocycles. The summed E-state index contributed by atoms with van der Waals surface area (Å²) in [6.07, 6.45) is 4.62. The zero-order valence-corrected chi connectivity index (χ0v) is 21.2. The number of aryl methyl sites for hydroxylation is 1. The van der Waals surface area contributed by atoms with Crippen LogP contribution in [0.15, 0.2) is 35.3 Å². The number of nitrogens with zero attached hydrogens (tertiary/aromatic N) is 3. The van der Waals surface area contributed by atoms with E-state index in [1.165, 1.54) is 0 Å². The monoisotopic (exact) mass is 495 g/mol. The zero-order chi connectivity index (χ0) is 25.1. The van der Waals surface area contributed by atoms with Crippen molar-refractivity contribution in [3.63, 3.8) is 0 Å². The van der Waals surface area contributed by atoms with Gasteiger partial charge in [0.25, 0.3) is 5.56 Å². The predicted octanol–water partition coefficient (Wildman–Crippen LogP) is 4.27. The Balaban J connectivity index is 0.00000361. The molecule has 1 saturated heterocycles. The number of piperidine rings is 1. The van der Waals surface area contributed by atoms with E-state index in [9.17, 15) is 14.7 Å². The molecule has 8 heteroatoms. The van der Waals surface area contributed by atoms with Crippen LogP contribution in [0.4, 0.5) is 0 Å². The maximum Gasteiger partial charge on any atom is 0.320 e. The Morgan fingerprint density at radius 3 is 2.61 bits per heavy atom. The summed E-state index contributed by atoms with van der Waals surface area (Å²) in [6.45, 7) is 9.41. The lowest BCUT2D eigenvalue weighted by atomic mass is 9.97. The van der Waals surface area contributed by atoms with Gasteiger partial charge in [-0.3, -0.25) is 9.59 Å². The number of benzene rings is 1. The molecule has 1 atom stereocenters. The Morgan fingerprint density at radius 1 is 1.25 bits per heavy atom. The van der Waals surface area contributed by atoms with E-state index < -0.39 is 12.0 Å². The first-order chi connectivity index (χ1) is 16.7. The van der Waals surface area contributed by atoms with Gasteiger partial charge in [-0.05, 0) is 81.9 Å². The van der Waals surface area contributed by atoms with Crippen molar-refractivity contribution < 1.29 is 9.90 Å². The molecule has 0 spiro atoms. The van der Waals surface area contributed by atoms with Crippen LogP contribution in [-0.2, 0) is 17.9 Å². The van der Waals surface area contributed by atoms with Gasteiger partial charge in [-0.15, -0.1) is 0 Å². The van der Waals surface area contributed by atoms with Crippen molar-refractivity contribution in [2.75, 3.05) is 20.1 Å². The molecule has 0 unspecified atom stereocenters. The second kappa shape index (κ2) is 11.8. The van der Waals surface area contributed by atoms with Gasteiger partial charge < -0.3 is 24.9 Å². The van der Waals surface area contributed by atoms with Crippen LogP contribution in [0.25, 0.3) is 22.4 Å². The van der Waals surface area contributed by atoms with E-state index in [2.05, 4.69) is 38.9 Å². The van der Waals surface area contributed by atoms with Crippen LogP contribution >= 0.6 is 0 Å². The Hall–Kier alpha value is -2.97. The van der Waals surface area contributed by atoms with E-state index >= 15 is 0 Å². The number of carboxylic acid groups (broad SMARTS) is 1. The van der Waals surface area contributed by atoms with Crippen molar-refractivity contribution in [1.29, 1.82) is 0 Å². The molecule has 3 aromatic rings. The molecule has 0 radical (unpaired) electrons. The first-order valence-corrected chi connectivity index (χ1v) is 12.5. The maximum atomic E-state index is 12.0. The predicted molar refractivity (Wildman–Crippen MR) is 145 cm³/mol. The summed E-state index contributed by atoms with van der Waals surface area (Å²) in [6, 6.07) is 7.51. The first-order valence-electron chi connectivity index (χ1n) is 12.5. The van der Waals surface area contributed by atoms with Crippen LogP contribution < -0.4 is 10.9 Å². The molecule has 1 aliphatic rings. The Labute approximate surface area is 213 Å². The number of hydrogen-bond donors (Lipinski definition) is 3. The number of likely N-dealkylation sites (tertiary alicyclic amines) is 1. The van der Waals surface area contributed by atoms with Crippen molar-refractivity contribution in [2.45, 2.75) is 66.6 Å². The van der Waals surface area contributed by atoms with Gasteiger partial charge in [0.15, 0.2) is 0 Å². The molecule has 3 heterocycles. The van der Waals surface area contributed by atoms with Gasteiger partial charge in [-0.25, -0.2) is 4.98 Å². The van der Waals surface area contributed by atoms with Gasteiger partial charge in [0.2, 0.25) is 0 Å². The van der Waals surface area contributed by atoms with Crippen molar-refractivity contribution >= 4 is 17.0 Å². The minimum absolute atomic E-state index is 0. The first kappa shape index (κ1) is 27.6. The number of pyridine rings is 1. The Bertz CT molecular complexity index is 1240. The van der Waals surface area contributed by atoms with Gasteiger partial charge in [0.1, 0.15) is 11.9 Å². The highest BCUT2D eigenvalue weighted by molar-refractivity contribution is 5.81. The normalized spacial score (nSPS) is 15.8. The summed E-state index contributed by atoms with van der Waals surface area (Å²) in [5.74, 6) is 0.897. The lowest BCUT2D eigenvalue weighted by Crippen LogP contribution is -2.37. The minimum Gasteiger partial charge on any atom is -0.480 e. The summed E-state index contributed by atoms with van der Waals surface area (Å²) in [5, 5.41) is 12.7. The van der Waals surface area contributed by atoms with Gasteiger partial charge in [-0.2, -0.15) is 0 Å². The molecule has 0 aliphatic carbocycles. The molecular formula is C28H41N5O3. The quantitative estimate of drug-likeness (QED) is 0.410. The largest absolute Gasteiger partial charge is 0.480 e. The molecule has 8 nitrogen and oxygen atoms in total. The molecule has 36 heavy (non-hydrogen) atoms. The van der Waals surface area contributed by atoms with Gasteiger partial charge in [-0.1, -0.05) is 27.3 Å². The number of aromatic nitrogens is 3. The van der Waals surface area contributed by atoms with Crippen LogP contribution in [0.2, 0.25) is 0 Å². The minimum atomic E-state index is -0.821. The molecule has 3 N–H and O–H groups in total. The van der Waals surface area contributed by atoms with Gasteiger partial charge in [0.05, 0.1) is 11.0 Å². The van der Waals surface area contributed by atoms with E-state index in [0.717, 1.165) is 60.5 Å². The van der Waals surface area contributed by atoms with E-state index in [1.54, 1.807) is 6.20 Å². The van der Waals surface area contributed by atoms with Crippen molar-refractivity contribution in [3.05, 3.63) is 51.9 Å². The molecule has 1 fully saturated rings. The van der Waals surface area contributed by atoms with Crippen LogP contribution in [0.5, 0.6) is 0 Å². The van der Waals surface area contributed by atoms with Crippen LogP contribution in [0.1, 0.15) is 51.7 Å². The topological polar surface area (TPSA) is 103 Å². The third-order valence-corrected chi connectivity index (χ3v) is 7.00. The number of aromatic amines is 1. The average Bonchev–Trinajstić information content (AvgIpc) is 3.17. The third kappa shape index (κ3) is 6.42. The molecular weight excluding hydrogens is 454 g/mol. The summed E-state index contributed by atoms with van der Waals surface area (Å²) in [5.41, 5.74) is 4.41. The maximum absolute atomic E-state index is 12.0. The molecule has 4 rings (SSSR count). The number of hydrogen-bond acceptors (Lipinski definition) is 5. The number of aliphatic carboxylic acids is 1. The molecule has 0 amide bonds. The smallest absolute Gasteiger partial charge is 0.320 e. The fourth-order valence-corrected chi connectivity index (χ4v) is 4.90. The van der Waals surface area contributed by atoms with Crippen LogP contribution in [0, 0.1) is 18.8 Å². The number of fused-ring (bicyclic) bond motifs is 1. The lowest BCUT2D eigenvalue weighted by Gasteiger charge is -2.29. The highest BCUT2D eigenvalue weighted by Crippen LogP contribution is 2.29. The van der Waals surface area contributed by atoms with Gasteiger partial charge in [0, 0.05) is 30.4 Å². The van der Waals surface area contributed by atoms with E-state index in [4.69, 9.17) is 4.98 Å². The molecule has 196 valence electrons. The van der Waals surface area contributed by atoms with E-state index in [0.29, 0.717) is 30.4 Å². The Morgan fingerprint density at radius 2 is 1.97 bits per heavy atom. The number of H-pyrrole nitrogens is 1. The molecule has 2 aromatic heterocycles. The fraction of sp³-hybridized carbons (Fsp3) is 0.536. The number of imidazole rings is 1. The highest BCUT2D eigenvalue weighted by atomic mass is 16.4. The fourth-order valence-electron chi connectivity index (χ4n) is 4.90. The summed E-state index contributed by atoms with van der Waals surface area (Å²) in [7, 11) is 2.17. The van der Waals surface area contributed by atoms with E-state index in [1.807, 2.05) is 32.9 Å². The lowest BCUT2D eigenvalue weighted by molar-refractivity contribution is -0.140. The molecule has 0 bridgehead atoms. The van der Waals surface area contributed by atoms with Crippen molar-refractivity contribution in [1.82, 2.24) is 24.8 Å². The second-order valence-electron chi connectivity index (χ2n) is 10.4. The third-order valence-electron chi connectivity index (χ3n) is 7.00. The Kier molecular flexibility index (Phi) is 9.08. The van der Waals surface area contributed by atoms with Crippen molar-refractivity contribution in [3.8, 4) is 11.4 Å². The van der Waals surface area contributed by atoms with Crippen molar-refractivity contribution in [2.24, 2.45) is 11.8 Å². The van der Waals surface area contributed by atoms with Gasteiger partial charge >= 0.3 is 5.97 Å². The summed E-state index contributed by atoms with van der Waals surface area (Å²) >= 11 is 0. The molecule has 0 saturated carbocycles. The molecule has 1 aliphatic heterocycles. The average molecular weight is 496 g/mol. The number of carboxylic acids is 1.